The Kier molecular flexibility index (Phi) is 5.29. The maximum atomic E-state index is 12.2. The van der Waals surface area contributed by atoms with Gasteiger partial charge in [0.25, 0.3) is 0 Å². The van der Waals surface area contributed by atoms with Gasteiger partial charge in [0, 0.05) is 46.3 Å². The molecule has 2 aromatic carbocycles. The number of nitrogens with zero attached hydrogens (tertiary/aromatic N) is 1. The van der Waals surface area contributed by atoms with E-state index in [-0.39, 0.29) is 11.5 Å². The molecule has 0 radical (unpaired) electrons. The molecule has 152 valence electrons. The fourth-order valence-electron chi connectivity index (χ4n) is 4.08. The summed E-state index contributed by atoms with van der Waals surface area (Å²) in [5.74, 6) is -0.000378. The lowest BCUT2D eigenvalue weighted by Crippen LogP contribution is -2.23. The van der Waals surface area contributed by atoms with Crippen molar-refractivity contribution < 1.29 is 0 Å². The molecule has 2 aromatic heterocycles. The molecule has 4 aromatic rings. The lowest BCUT2D eigenvalue weighted by molar-refractivity contribution is 0.794. The molecule has 0 aliphatic carbocycles. The summed E-state index contributed by atoms with van der Waals surface area (Å²) in [5.41, 5.74) is 3.86. The van der Waals surface area contributed by atoms with Crippen molar-refractivity contribution in [2.24, 2.45) is 0 Å². The van der Waals surface area contributed by atoms with Crippen molar-refractivity contribution in [1.29, 1.82) is 0 Å². The van der Waals surface area contributed by atoms with E-state index in [0.29, 0.717) is 11.1 Å². The van der Waals surface area contributed by atoms with Crippen molar-refractivity contribution in [2.75, 3.05) is 18.4 Å². The summed E-state index contributed by atoms with van der Waals surface area (Å²) in [7, 11) is 0. The minimum atomic E-state index is -0.0992. The number of benzene rings is 2. The van der Waals surface area contributed by atoms with Gasteiger partial charge >= 0.3 is 0 Å². The molecular weight excluding hydrogens is 416 g/mol. The van der Waals surface area contributed by atoms with Crippen molar-refractivity contribution in [1.82, 2.24) is 15.3 Å². The Balaban J connectivity index is 1.63. The Hall–Kier alpha value is -2.67. The van der Waals surface area contributed by atoms with Crippen LogP contribution in [-0.2, 0) is 0 Å². The van der Waals surface area contributed by atoms with Gasteiger partial charge in [-0.15, -0.1) is 11.3 Å². The van der Waals surface area contributed by atoms with Crippen LogP contribution in [0.1, 0.15) is 28.5 Å². The van der Waals surface area contributed by atoms with Crippen molar-refractivity contribution >= 4 is 39.5 Å². The number of aromatic nitrogens is 2. The molecule has 1 fully saturated rings. The van der Waals surface area contributed by atoms with E-state index in [1.54, 1.807) is 17.4 Å². The highest BCUT2D eigenvalue weighted by atomic mass is 35.5. The molecule has 0 bridgehead atoms. The van der Waals surface area contributed by atoms with Gasteiger partial charge in [0.2, 0.25) is 5.56 Å². The van der Waals surface area contributed by atoms with Gasteiger partial charge in [-0.2, -0.15) is 0 Å². The standard InChI is InChI=1S/C23H21ClN4OS/c24-16-4-1-14(2-5-16)22(23-26-9-10-30-23)15-3-6-19-18(11-15)20(12-21(29)28-19)27-17-7-8-25-13-17/h1-6,9-12,17,22,25H,7-8,13H2,(H2,27,28,29)/t17-,22?/m1/s1. The van der Waals surface area contributed by atoms with E-state index >= 15 is 0 Å². The summed E-state index contributed by atoms with van der Waals surface area (Å²) in [6.07, 6.45) is 2.88. The SMILES string of the molecule is O=c1cc(N[C@@H]2CCNC2)c2cc(C(c3ccc(Cl)cc3)c3nccs3)ccc2[nH]1. The zero-order valence-corrected chi connectivity index (χ0v) is 17.8. The Morgan fingerprint density at radius 1 is 1.13 bits per heavy atom. The van der Waals surface area contributed by atoms with Crippen LogP contribution in [0.25, 0.3) is 10.9 Å². The molecule has 0 amide bonds. The smallest absolute Gasteiger partial charge is 0.250 e. The quantitative estimate of drug-likeness (QED) is 0.428. The van der Waals surface area contributed by atoms with Gasteiger partial charge in [-0.05, 0) is 48.4 Å². The average Bonchev–Trinajstić information content (AvgIpc) is 3.44. The molecule has 5 rings (SSSR count). The topological polar surface area (TPSA) is 69.8 Å². The number of thiazole rings is 1. The second kappa shape index (κ2) is 8.22. The minimum absolute atomic E-state index is 0.000378. The van der Waals surface area contributed by atoms with Gasteiger partial charge in [0.1, 0.15) is 5.01 Å². The third-order valence-corrected chi connectivity index (χ3v) is 6.61. The van der Waals surface area contributed by atoms with Crippen LogP contribution in [0.15, 0.2) is 64.9 Å². The number of fused-ring (bicyclic) bond motifs is 1. The first kappa shape index (κ1) is 19.3. The molecule has 30 heavy (non-hydrogen) atoms. The Bertz CT molecular complexity index is 1210. The summed E-state index contributed by atoms with van der Waals surface area (Å²) >= 11 is 7.76. The first-order valence-electron chi connectivity index (χ1n) is 9.96. The molecule has 1 unspecified atom stereocenters. The Labute approximate surface area is 183 Å². The van der Waals surface area contributed by atoms with Crippen molar-refractivity contribution in [3.8, 4) is 0 Å². The minimum Gasteiger partial charge on any atom is -0.380 e. The van der Waals surface area contributed by atoms with Crippen molar-refractivity contribution in [3.63, 3.8) is 0 Å². The summed E-state index contributed by atoms with van der Waals surface area (Å²) in [4.78, 5) is 19.8. The average molecular weight is 437 g/mol. The largest absolute Gasteiger partial charge is 0.380 e. The second-order valence-corrected chi connectivity index (χ2v) is 8.90. The Morgan fingerprint density at radius 3 is 2.70 bits per heavy atom. The van der Waals surface area contributed by atoms with E-state index in [9.17, 15) is 4.79 Å². The number of aromatic amines is 1. The Morgan fingerprint density at radius 2 is 1.97 bits per heavy atom. The molecule has 3 N–H and O–H groups in total. The molecular formula is C23H21ClN4OS. The molecule has 1 saturated heterocycles. The van der Waals surface area contributed by atoms with Crippen LogP contribution in [0, 0.1) is 0 Å². The van der Waals surface area contributed by atoms with E-state index in [1.807, 2.05) is 29.8 Å². The van der Waals surface area contributed by atoms with Crippen molar-refractivity contribution in [2.45, 2.75) is 18.4 Å². The van der Waals surface area contributed by atoms with Crippen LogP contribution in [0.3, 0.4) is 0 Å². The number of H-pyrrole nitrogens is 1. The highest BCUT2D eigenvalue weighted by Gasteiger charge is 2.21. The molecule has 5 nitrogen and oxygen atoms in total. The second-order valence-electron chi connectivity index (χ2n) is 7.54. The van der Waals surface area contributed by atoms with Crippen LogP contribution < -0.4 is 16.2 Å². The lowest BCUT2D eigenvalue weighted by atomic mass is 9.90. The van der Waals surface area contributed by atoms with E-state index in [2.05, 4.69) is 44.9 Å². The van der Waals surface area contributed by atoms with E-state index < -0.39 is 0 Å². The van der Waals surface area contributed by atoms with Gasteiger partial charge in [-0.3, -0.25) is 4.79 Å². The van der Waals surface area contributed by atoms with Crippen LogP contribution in [0.4, 0.5) is 5.69 Å². The molecule has 2 atom stereocenters. The maximum absolute atomic E-state index is 12.2. The molecule has 1 aliphatic heterocycles. The maximum Gasteiger partial charge on any atom is 0.250 e. The monoisotopic (exact) mass is 436 g/mol. The van der Waals surface area contributed by atoms with Crippen LogP contribution in [0.2, 0.25) is 5.02 Å². The molecule has 0 spiro atoms. The number of hydrogen-bond acceptors (Lipinski definition) is 5. The highest BCUT2D eigenvalue weighted by molar-refractivity contribution is 7.09. The van der Waals surface area contributed by atoms with Crippen LogP contribution in [0.5, 0.6) is 0 Å². The molecule has 3 heterocycles. The summed E-state index contributed by atoms with van der Waals surface area (Å²) < 4.78 is 0. The first-order valence-corrected chi connectivity index (χ1v) is 11.2. The fraction of sp³-hybridized carbons (Fsp3) is 0.217. The van der Waals surface area contributed by atoms with Crippen molar-refractivity contribution in [3.05, 3.63) is 91.6 Å². The van der Waals surface area contributed by atoms with Gasteiger partial charge in [-0.1, -0.05) is 29.8 Å². The zero-order valence-electron chi connectivity index (χ0n) is 16.2. The number of nitrogens with one attached hydrogen (secondary N) is 3. The highest BCUT2D eigenvalue weighted by Crippen LogP contribution is 2.36. The van der Waals surface area contributed by atoms with E-state index in [1.165, 1.54) is 0 Å². The number of halogens is 1. The predicted octanol–water partition coefficient (Wildman–Crippen LogP) is 4.59. The number of hydrogen-bond donors (Lipinski definition) is 3. The van der Waals surface area contributed by atoms with E-state index in [4.69, 9.17) is 11.6 Å². The van der Waals surface area contributed by atoms with E-state index in [0.717, 1.165) is 52.2 Å². The fourth-order valence-corrected chi connectivity index (χ4v) is 5.00. The number of pyridine rings is 1. The van der Waals surface area contributed by atoms with Crippen LogP contribution in [-0.4, -0.2) is 29.1 Å². The summed E-state index contributed by atoms with van der Waals surface area (Å²) in [6, 6.07) is 16.1. The normalized spacial score (nSPS) is 17.3. The van der Waals surface area contributed by atoms with Crippen LogP contribution >= 0.6 is 22.9 Å². The lowest BCUT2D eigenvalue weighted by Gasteiger charge is -2.19. The first-order chi connectivity index (χ1) is 14.7. The summed E-state index contributed by atoms with van der Waals surface area (Å²) in [5, 5.41) is 11.7. The van der Waals surface area contributed by atoms with Gasteiger partial charge in [-0.25, -0.2) is 4.98 Å². The summed E-state index contributed by atoms with van der Waals surface area (Å²) in [6.45, 7) is 1.90. The van der Waals surface area contributed by atoms with Gasteiger partial charge < -0.3 is 15.6 Å². The van der Waals surface area contributed by atoms with Gasteiger partial charge in [0.15, 0.2) is 0 Å². The zero-order chi connectivity index (χ0) is 20.5. The predicted molar refractivity (Wildman–Crippen MR) is 124 cm³/mol. The molecule has 7 heteroatoms. The third-order valence-electron chi connectivity index (χ3n) is 5.52. The van der Waals surface area contributed by atoms with Gasteiger partial charge in [0.05, 0.1) is 11.4 Å². The third kappa shape index (κ3) is 3.86. The molecule has 1 aliphatic rings. The number of rotatable bonds is 5. The number of anilines is 1. The molecule has 0 saturated carbocycles.